The maximum absolute atomic E-state index is 12.1. The molecule has 0 atom stereocenters. The van der Waals surface area contributed by atoms with Gasteiger partial charge in [-0.2, -0.15) is 0 Å². The predicted molar refractivity (Wildman–Crippen MR) is 85.5 cm³/mol. The first kappa shape index (κ1) is 16.2. The van der Waals surface area contributed by atoms with Crippen molar-refractivity contribution in [1.82, 2.24) is 0 Å². The molecule has 0 aliphatic carbocycles. The summed E-state index contributed by atoms with van der Waals surface area (Å²) in [4.78, 5) is 34.6. The van der Waals surface area contributed by atoms with Gasteiger partial charge < -0.3 is 21.5 Å². The second kappa shape index (κ2) is 7.19. The maximum Gasteiger partial charge on any atom is 0.335 e. The smallest absolute Gasteiger partial charge is 0.335 e. The minimum Gasteiger partial charge on any atom is -0.478 e. The van der Waals surface area contributed by atoms with Crippen LogP contribution in [0.4, 0.5) is 11.4 Å². The van der Waals surface area contributed by atoms with E-state index in [0.29, 0.717) is 5.56 Å². The highest BCUT2D eigenvalue weighted by Gasteiger charge is 2.11. The number of rotatable bonds is 5. The second-order valence-electron chi connectivity index (χ2n) is 4.68. The molecule has 0 saturated carbocycles. The van der Waals surface area contributed by atoms with E-state index < -0.39 is 11.9 Å². The summed E-state index contributed by atoms with van der Waals surface area (Å²) in [5.74, 6) is -2.03. The van der Waals surface area contributed by atoms with Gasteiger partial charge in [-0.1, -0.05) is 18.2 Å². The molecule has 2 rings (SSSR count). The Morgan fingerprint density at radius 1 is 0.913 bits per heavy atom. The summed E-state index contributed by atoms with van der Waals surface area (Å²) in [5, 5.41) is 14.2. The van der Waals surface area contributed by atoms with Gasteiger partial charge in [-0.05, 0) is 30.3 Å². The third-order valence-electron chi connectivity index (χ3n) is 2.94. The lowest BCUT2D eigenvalue weighted by molar-refractivity contribution is -0.114. The van der Waals surface area contributed by atoms with Crippen LogP contribution in [0, 0.1) is 0 Å². The number of carbonyl (C=O) groups excluding carboxylic acids is 2. The van der Waals surface area contributed by atoms with Crippen molar-refractivity contribution in [2.45, 2.75) is 0 Å². The minimum atomic E-state index is -1.18. The number of carbonyl (C=O) groups is 3. The molecule has 0 aliphatic rings. The van der Waals surface area contributed by atoms with Gasteiger partial charge in [0.15, 0.2) is 0 Å². The zero-order valence-corrected chi connectivity index (χ0v) is 12.1. The lowest BCUT2D eigenvalue weighted by Crippen LogP contribution is -2.22. The fourth-order valence-corrected chi connectivity index (χ4v) is 1.90. The zero-order chi connectivity index (χ0) is 16.8. The Labute approximate surface area is 132 Å². The summed E-state index contributed by atoms with van der Waals surface area (Å²) in [6, 6.07) is 12.5. The number of hydrogen-bond donors (Lipinski definition) is 4. The van der Waals surface area contributed by atoms with E-state index in [2.05, 4.69) is 10.6 Å². The van der Waals surface area contributed by atoms with Gasteiger partial charge in [0.1, 0.15) is 0 Å². The average molecular weight is 313 g/mol. The highest BCUT2D eigenvalue weighted by Crippen LogP contribution is 2.20. The molecule has 0 unspecified atom stereocenters. The van der Waals surface area contributed by atoms with E-state index in [1.807, 2.05) is 0 Å². The molecule has 0 bridgehead atoms. The van der Waals surface area contributed by atoms with E-state index in [1.54, 1.807) is 30.3 Å². The number of nitrogens with two attached hydrogens (primary N) is 1. The molecule has 0 aliphatic heterocycles. The van der Waals surface area contributed by atoms with E-state index in [1.165, 1.54) is 18.2 Å². The quantitative estimate of drug-likeness (QED) is 0.667. The Kier molecular flexibility index (Phi) is 5.06. The first-order chi connectivity index (χ1) is 11.0. The van der Waals surface area contributed by atoms with E-state index in [4.69, 9.17) is 10.8 Å². The van der Waals surface area contributed by atoms with Gasteiger partial charge in [0, 0.05) is 16.9 Å². The van der Waals surface area contributed by atoms with Crippen LogP contribution in [0.3, 0.4) is 0 Å². The van der Waals surface area contributed by atoms with Crippen molar-refractivity contribution in [3.63, 3.8) is 0 Å². The lowest BCUT2D eigenvalue weighted by Gasteiger charge is -2.10. The Hall–Kier alpha value is -3.19. The standard InChI is InChI=1S/C16H15N3O4/c17-9-14(20)18-12-6-11(16(22)23)7-13(8-12)19-15(21)10-4-2-1-3-5-10/h1-8H,9,17H2,(H,18,20)(H,19,21)(H,22,23). The fourth-order valence-electron chi connectivity index (χ4n) is 1.90. The van der Waals surface area contributed by atoms with Crippen molar-refractivity contribution >= 4 is 29.2 Å². The first-order valence-electron chi connectivity index (χ1n) is 6.74. The summed E-state index contributed by atoms with van der Waals surface area (Å²) in [5.41, 5.74) is 6.07. The van der Waals surface area contributed by atoms with Crippen molar-refractivity contribution in [3.8, 4) is 0 Å². The third kappa shape index (κ3) is 4.39. The molecule has 2 aromatic rings. The van der Waals surface area contributed by atoms with E-state index in [-0.39, 0.29) is 29.4 Å². The van der Waals surface area contributed by atoms with E-state index in [0.717, 1.165) is 0 Å². The minimum absolute atomic E-state index is 0.0665. The van der Waals surface area contributed by atoms with Crippen LogP contribution in [0.15, 0.2) is 48.5 Å². The highest BCUT2D eigenvalue weighted by molar-refractivity contribution is 6.05. The van der Waals surface area contributed by atoms with Gasteiger partial charge in [0.05, 0.1) is 12.1 Å². The Morgan fingerprint density at radius 2 is 1.52 bits per heavy atom. The molecule has 118 valence electrons. The molecular weight excluding hydrogens is 298 g/mol. The van der Waals surface area contributed by atoms with Crippen LogP contribution < -0.4 is 16.4 Å². The lowest BCUT2D eigenvalue weighted by atomic mass is 10.1. The molecule has 0 saturated heterocycles. The number of nitrogens with one attached hydrogen (secondary N) is 2. The Bertz CT molecular complexity index is 744. The van der Waals surface area contributed by atoms with Gasteiger partial charge in [-0.15, -0.1) is 0 Å². The monoisotopic (exact) mass is 313 g/mol. The molecule has 5 N–H and O–H groups in total. The van der Waals surface area contributed by atoms with Crippen molar-refractivity contribution < 1.29 is 19.5 Å². The zero-order valence-electron chi connectivity index (χ0n) is 12.1. The number of anilines is 2. The normalized spacial score (nSPS) is 9.96. The number of carboxylic acid groups (broad SMARTS) is 1. The number of aromatic carboxylic acids is 1. The second-order valence-corrected chi connectivity index (χ2v) is 4.68. The first-order valence-corrected chi connectivity index (χ1v) is 6.74. The highest BCUT2D eigenvalue weighted by atomic mass is 16.4. The molecule has 23 heavy (non-hydrogen) atoms. The van der Waals surface area contributed by atoms with Crippen LogP contribution >= 0.6 is 0 Å². The number of benzene rings is 2. The molecular formula is C16H15N3O4. The molecule has 2 aromatic carbocycles. The van der Waals surface area contributed by atoms with E-state index >= 15 is 0 Å². The van der Waals surface area contributed by atoms with Crippen molar-refractivity contribution in [2.75, 3.05) is 17.2 Å². The molecule has 0 radical (unpaired) electrons. The summed E-state index contributed by atoms with van der Waals surface area (Å²) in [6.07, 6.45) is 0. The summed E-state index contributed by atoms with van der Waals surface area (Å²) < 4.78 is 0. The summed E-state index contributed by atoms with van der Waals surface area (Å²) in [6.45, 7) is -0.233. The summed E-state index contributed by atoms with van der Waals surface area (Å²) >= 11 is 0. The largest absolute Gasteiger partial charge is 0.478 e. The average Bonchev–Trinajstić information content (AvgIpc) is 2.55. The predicted octanol–water partition coefficient (Wildman–Crippen LogP) is 1.53. The molecule has 7 nitrogen and oxygen atoms in total. The molecule has 2 amide bonds. The molecule has 0 fully saturated rings. The number of amides is 2. The molecule has 0 heterocycles. The van der Waals surface area contributed by atoms with Crippen LogP contribution in [-0.2, 0) is 4.79 Å². The number of carboxylic acids is 1. The van der Waals surface area contributed by atoms with Crippen LogP contribution in [0.5, 0.6) is 0 Å². The summed E-state index contributed by atoms with van der Waals surface area (Å²) in [7, 11) is 0. The molecule has 0 aromatic heterocycles. The fraction of sp³-hybridized carbons (Fsp3) is 0.0625. The van der Waals surface area contributed by atoms with Gasteiger partial charge in [-0.25, -0.2) is 4.79 Å². The van der Waals surface area contributed by atoms with Crippen molar-refractivity contribution in [2.24, 2.45) is 5.73 Å². The van der Waals surface area contributed by atoms with Crippen molar-refractivity contribution in [1.29, 1.82) is 0 Å². The third-order valence-corrected chi connectivity index (χ3v) is 2.94. The van der Waals surface area contributed by atoms with Gasteiger partial charge in [-0.3, -0.25) is 9.59 Å². The molecule has 0 spiro atoms. The SMILES string of the molecule is NCC(=O)Nc1cc(NC(=O)c2ccccc2)cc(C(=O)O)c1. The van der Waals surface area contributed by atoms with Gasteiger partial charge >= 0.3 is 5.97 Å². The molecule has 7 heteroatoms. The van der Waals surface area contributed by atoms with Crippen molar-refractivity contribution in [3.05, 3.63) is 59.7 Å². The van der Waals surface area contributed by atoms with Crippen LogP contribution in [0.1, 0.15) is 20.7 Å². The van der Waals surface area contributed by atoms with Crippen LogP contribution in [0.2, 0.25) is 0 Å². The van der Waals surface area contributed by atoms with Gasteiger partial charge in [0.25, 0.3) is 5.91 Å². The Morgan fingerprint density at radius 3 is 2.09 bits per heavy atom. The topological polar surface area (TPSA) is 122 Å². The Balaban J connectivity index is 2.28. The maximum atomic E-state index is 12.1. The van der Waals surface area contributed by atoms with Gasteiger partial charge in [0.2, 0.25) is 5.91 Å². The number of hydrogen-bond acceptors (Lipinski definition) is 4. The van der Waals surface area contributed by atoms with Crippen LogP contribution in [0.25, 0.3) is 0 Å². The van der Waals surface area contributed by atoms with E-state index in [9.17, 15) is 14.4 Å². The van der Waals surface area contributed by atoms with Crippen LogP contribution in [-0.4, -0.2) is 29.4 Å².